The van der Waals surface area contributed by atoms with Crippen molar-refractivity contribution in [3.8, 4) is 17.2 Å². The Balaban J connectivity index is 2.25. The van der Waals surface area contributed by atoms with Crippen LogP contribution < -0.4 is 9.47 Å². The van der Waals surface area contributed by atoms with Crippen LogP contribution in [0.2, 0.25) is 0 Å². The van der Waals surface area contributed by atoms with E-state index in [1.165, 1.54) is 7.11 Å². The molecule has 134 valence electrons. The zero-order chi connectivity index (χ0) is 18.1. The zero-order valence-electron chi connectivity index (χ0n) is 15.1. The maximum Gasteiger partial charge on any atom is 0.342 e. The molecule has 0 aromatic heterocycles. The van der Waals surface area contributed by atoms with E-state index in [9.17, 15) is 9.90 Å². The van der Waals surface area contributed by atoms with Crippen LogP contribution in [-0.4, -0.2) is 30.4 Å². The molecule has 0 fully saturated rings. The van der Waals surface area contributed by atoms with Gasteiger partial charge in [-0.3, -0.25) is 0 Å². The Morgan fingerprint density at radius 1 is 1.32 bits per heavy atom. The molecule has 5 heteroatoms. The van der Waals surface area contributed by atoms with Crippen molar-refractivity contribution in [2.75, 3.05) is 7.11 Å². The minimum atomic E-state index is -0.359. The van der Waals surface area contributed by atoms with Crippen LogP contribution in [-0.2, 0) is 11.2 Å². The predicted octanol–water partition coefficient (Wildman–Crippen LogP) is 4.22. The van der Waals surface area contributed by atoms with Gasteiger partial charge in [0.25, 0.3) is 0 Å². The lowest BCUT2D eigenvalue weighted by molar-refractivity contribution is 0.0232. The van der Waals surface area contributed by atoms with Gasteiger partial charge in [0.2, 0.25) is 0 Å². The molecule has 0 amide bonds. The van der Waals surface area contributed by atoms with E-state index in [2.05, 4.69) is 6.92 Å². The van der Waals surface area contributed by atoms with Crippen molar-refractivity contribution in [1.82, 2.24) is 0 Å². The van der Waals surface area contributed by atoms with E-state index in [1.807, 2.05) is 19.9 Å². The summed E-state index contributed by atoms with van der Waals surface area (Å²) in [6, 6.07) is 5.15. The highest BCUT2D eigenvalue weighted by molar-refractivity contribution is 6.06. The normalized spacial score (nSPS) is 16.7. The predicted molar refractivity (Wildman–Crippen MR) is 95.7 cm³/mol. The van der Waals surface area contributed by atoms with Crippen molar-refractivity contribution in [2.45, 2.75) is 52.2 Å². The number of esters is 1. The monoisotopic (exact) mass is 344 g/mol. The third-order valence-electron chi connectivity index (χ3n) is 4.33. The summed E-state index contributed by atoms with van der Waals surface area (Å²) < 4.78 is 17.0. The van der Waals surface area contributed by atoms with Crippen molar-refractivity contribution >= 4 is 16.7 Å². The number of fused-ring (bicyclic) bond motifs is 2. The van der Waals surface area contributed by atoms with E-state index >= 15 is 0 Å². The van der Waals surface area contributed by atoms with Crippen molar-refractivity contribution in [3.63, 3.8) is 0 Å². The van der Waals surface area contributed by atoms with Crippen LogP contribution in [0.3, 0.4) is 0 Å². The fraction of sp³-hybridized carbons (Fsp3) is 0.450. The van der Waals surface area contributed by atoms with Gasteiger partial charge in [-0.05, 0) is 43.4 Å². The lowest BCUT2D eigenvalue weighted by Gasteiger charge is -2.27. The molecule has 1 heterocycles. The molecule has 0 bridgehead atoms. The summed E-state index contributed by atoms with van der Waals surface area (Å²) in [6.45, 7) is 5.88. The Kier molecular flexibility index (Phi) is 4.75. The van der Waals surface area contributed by atoms with Crippen LogP contribution in [0.1, 0.15) is 49.5 Å². The van der Waals surface area contributed by atoms with Crippen molar-refractivity contribution in [3.05, 3.63) is 29.3 Å². The molecular formula is C20H24O5. The number of phenolic OH excluding ortho intramolecular Hbond substituents is 1. The molecule has 0 radical (unpaired) electrons. The van der Waals surface area contributed by atoms with Gasteiger partial charge >= 0.3 is 5.97 Å². The topological polar surface area (TPSA) is 65.0 Å². The lowest BCUT2D eigenvalue weighted by Crippen LogP contribution is -2.28. The van der Waals surface area contributed by atoms with Gasteiger partial charge in [-0.25, -0.2) is 4.79 Å². The SMILES string of the molecule is CCC[C@H]1Cc2cc3cc(O)cc(OC(C)C)c3c(OC)c2C(=O)O1. The minimum absolute atomic E-state index is 0.0772. The zero-order valence-corrected chi connectivity index (χ0v) is 15.1. The number of hydrogen-bond acceptors (Lipinski definition) is 5. The van der Waals surface area contributed by atoms with Gasteiger partial charge in [0.1, 0.15) is 28.9 Å². The molecular weight excluding hydrogens is 320 g/mol. The van der Waals surface area contributed by atoms with Gasteiger partial charge in [-0.15, -0.1) is 0 Å². The summed E-state index contributed by atoms with van der Waals surface area (Å²) in [5.74, 6) is 0.701. The molecule has 0 saturated carbocycles. The third-order valence-corrected chi connectivity index (χ3v) is 4.33. The van der Waals surface area contributed by atoms with Gasteiger partial charge in [-0.2, -0.15) is 0 Å². The third kappa shape index (κ3) is 3.23. The van der Waals surface area contributed by atoms with Crippen molar-refractivity contribution in [1.29, 1.82) is 0 Å². The molecule has 1 aliphatic rings. The van der Waals surface area contributed by atoms with Gasteiger partial charge in [-0.1, -0.05) is 13.3 Å². The highest BCUT2D eigenvalue weighted by atomic mass is 16.5. The van der Waals surface area contributed by atoms with E-state index in [1.54, 1.807) is 12.1 Å². The molecule has 2 aromatic carbocycles. The minimum Gasteiger partial charge on any atom is -0.508 e. The lowest BCUT2D eigenvalue weighted by atomic mass is 9.91. The molecule has 1 atom stereocenters. The van der Waals surface area contributed by atoms with Crippen molar-refractivity contribution < 1.29 is 24.1 Å². The van der Waals surface area contributed by atoms with Gasteiger partial charge in [0.15, 0.2) is 0 Å². The maximum atomic E-state index is 12.6. The summed E-state index contributed by atoms with van der Waals surface area (Å²) >= 11 is 0. The molecule has 1 aliphatic heterocycles. The Bertz CT molecular complexity index is 810. The first-order valence-corrected chi connectivity index (χ1v) is 8.68. The summed E-state index contributed by atoms with van der Waals surface area (Å²) in [4.78, 5) is 12.6. The van der Waals surface area contributed by atoms with Crippen LogP contribution in [0.15, 0.2) is 18.2 Å². The number of rotatable bonds is 5. The van der Waals surface area contributed by atoms with E-state index in [0.717, 1.165) is 23.8 Å². The molecule has 1 N–H and O–H groups in total. The number of cyclic esters (lactones) is 1. The molecule has 5 nitrogen and oxygen atoms in total. The summed E-state index contributed by atoms with van der Waals surface area (Å²) in [5, 5.41) is 11.5. The number of hydrogen-bond donors (Lipinski definition) is 1. The van der Waals surface area contributed by atoms with Gasteiger partial charge < -0.3 is 19.3 Å². The van der Waals surface area contributed by atoms with Crippen LogP contribution in [0, 0.1) is 0 Å². The number of methoxy groups -OCH3 is 1. The van der Waals surface area contributed by atoms with Crippen LogP contribution in [0.25, 0.3) is 10.8 Å². The second-order valence-corrected chi connectivity index (χ2v) is 6.67. The number of aromatic hydroxyl groups is 1. The van der Waals surface area contributed by atoms with E-state index in [-0.39, 0.29) is 23.9 Å². The number of carbonyl (C=O) groups excluding carboxylic acids is 1. The number of ether oxygens (including phenoxy) is 3. The first kappa shape index (κ1) is 17.4. The molecule has 2 aromatic rings. The Morgan fingerprint density at radius 2 is 2.08 bits per heavy atom. The van der Waals surface area contributed by atoms with E-state index in [0.29, 0.717) is 28.9 Å². The maximum absolute atomic E-state index is 12.6. The molecule has 0 saturated heterocycles. The Morgan fingerprint density at radius 3 is 2.72 bits per heavy atom. The largest absolute Gasteiger partial charge is 0.508 e. The molecule has 25 heavy (non-hydrogen) atoms. The summed E-state index contributed by atoms with van der Waals surface area (Å²) in [6.07, 6.45) is 2.23. The first-order chi connectivity index (χ1) is 11.9. The van der Waals surface area contributed by atoms with Crippen LogP contribution >= 0.6 is 0 Å². The first-order valence-electron chi connectivity index (χ1n) is 8.68. The average Bonchev–Trinajstić information content (AvgIpc) is 2.52. The van der Waals surface area contributed by atoms with Crippen molar-refractivity contribution in [2.24, 2.45) is 0 Å². The number of phenols is 1. The molecule has 0 spiro atoms. The summed E-state index contributed by atoms with van der Waals surface area (Å²) in [7, 11) is 1.53. The van der Waals surface area contributed by atoms with E-state index < -0.39 is 0 Å². The highest BCUT2D eigenvalue weighted by Crippen LogP contribution is 2.43. The molecule has 0 aliphatic carbocycles. The quantitative estimate of drug-likeness (QED) is 0.823. The molecule has 0 unspecified atom stereocenters. The van der Waals surface area contributed by atoms with Crippen LogP contribution in [0.4, 0.5) is 0 Å². The summed E-state index contributed by atoms with van der Waals surface area (Å²) in [5.41, 5.74) is 1.35. The van der Waals surface area contributed by atoms with Gasteiger partial charge in [0, 0.05) is 12.5 Å². The van der Waals surface area contributed by atoms with Gasteiger partial charge in [0.05, 0.1) is 18.6 Å². The average molecular weight is 344 g/mol. The Labute approximate surface area is 147 Å². The standard InChI is InChI=1S/C20H24O5/c1-5-6-15-9-13-7-12-8-14(21)10-16(24-11(2)3)17(12)19(23-4)18(13)20(22)25-15/h7-8,10-11,15,21H,5-6,9H2,1-4H3/t15-/m0/s1. The number of carbonyl (C=O) groups is 1. The van der Waals surface area contributed by atoms with E-state index in [4.69, 9.17) is 14.2 Å². The second kappa shape index (κ2) is 6.82. The molecule has 3 rings (SSSR count). The fourth-order valence-electron chi connectivity index (χ4n) is 3.43. The fourth-order valence-corrected chi connectivity index (χ4v) is 3.43. The highest BCUT2D eigenvalue weighted by Gasteiger charge is 2.31. The number of benzene rings is 2. The smallest absolute Gasteiger partial charge is 0.342 e. The Hall–Kier alpha value is -2.43. The van der Waals surface area contributed by atoms with Crippen LogP contribution in [0.5, 0.6) is 17.2 Å². The second-order valence-electron chi connectivity index (χ2n) is 6.67.